The Labute approximate surface area is 207 Å². The number of furan rings is 1. The average Bonchev–Trinajstić information content (AvgIpc) is 3.50. The Balaban J connectivity index is 1.36. The maximum Gasteiger partial charge on any atom is 0.250 e. The number of H-pyrrole nitrogens is 1. The topological polar surface area (TPSA) is 80.2 Å². The van der Waals surface area contributed by atoms with E-state index in [0.717, 1.165) is 49.7 Å². The van der Waals surface area contributed by atoms with Crippen molar-refractivity contribution in [3.63, 3.8) is 0 Å². The summed E-state index contributed by atoms with van der Waals surface area (Å²) in [7, 11) is 1.61. The predicted octanol–water partition coefficient (Wildman–Crippen LogP) is 7.18. The number of carbonyl (C=O) groups is 1. The highest BCUT2D eigenvalue weighted by molar-refractivity contribution is 6.05. The van der Waals surface area contributed by atoms with Crippen LogP contribution in [0.25, 0.3) is 49.5 Å². The zero-order valence-electron chi connectivity index (χ0n) is 19.8. The van der Waals surface area contributed by atoms with Gasteiger partial charge in [-0.15, -0.1) is 0 Å². The van der Waals surface area contributed by atoms with Gasteiger partial charge in [0.15, 0.2) is 0 Å². The molecule has 4 aromatic carbocycles. The minimum absolute atomic E-state index is 0.282. The van der Waals surface area contributed by atoms with E-state index in [4.69, 9.17) is 9.15 Å². The van der Waals surface area contributed by atoms with Crippen LogP contribution in [0.3, 0.4) is 0 Å². The number of ether oxygens (including phenoxy) is 1. The Hall–Kier alpha value is -4.84. The number of methoxy groups -OCH3 is 1. The third-order valence-electron chi connectivity index (χ3n) is 6.36. The summed E-state index contributed by atoms with van der Waals surface area (Å²) < 4.78 is 11.5. The number of nitrogens with zero attached hydrogens (tertiary/aromatic N) is 1. The van der Waals surface area contributed by atoms with Crippen LogP contribution in [0.15, 0.2) is 95.6 Å². The Morgan fingerprint density at radius 2 is 1.81 bits per heavy atom. The summed E-state index contributed by atoms with van der Waals surface area (Å²) in [6.07, 6.45) is 3.32. The van der Waals surface area contributed by atoms with Crippen LogP contribution in [0.5, 0.6) is 5.75 Å². The summed E-state index contributed by atoms with van der Waals surface area (Å²) >= 11 is 0. The van der Waals surface area contributed by atoms with Gasteiger partial charge in [-0.05, 0) is 53.1 Å². The maximum atomic E-state index is 12.8. The fraction of sp³-hybridized carbons (Fsp3) is 0.0667. The first-order chi connectivity index (χ1) is 17.6. The summed E-state index contributed by atoms with van der Waals surface area (Å²) in [6, 6.07) is 26.1. The summed E-state index contributed by atoms with van der Waals surface area (Å²) in [6.45, 7) is 1.89. The van der Waals surface area contributed by atoms with Crippen molar-refractivity contribution in [3.8, 4) is 16.9 Å². The van der Waals surface area contributed by atoms with Gasteiger partial charge in [-0.1, -0.05) is 48.5 Å². The van der Waals surface area contributed by atoms with Crippen LogP contribution in [0.4, 0.5) is 5.95 Å². The summed E-state index contributed by atoms with van der Waals surface area (Å²) in [5, 5.41) is 6.11. The Morgan fingerprint density at radius 1 is 1.00 bits per heavy atom. The number of nitrogens with one attached hydrogen (secondary N) is 2. The largest absolute Gasteiger partial charge is 0.496 e. The van der Waals surface area contributed by atoms with Gasteiger partial charge in [0.2, 0.25) is 5.95 Å². The normalized spacial score (nSPS) is 11.9. The Kier molecular flexibility index (Phi) is 5.26. The van der Waals surface area contributed by atoms with E-state index in [1.54, 1.807) is 19.4 Å². The van der Waals surface area contributed by atoms with Crippen molar-refractivity contribution in [2.24, 2.45) is 0 Å². The number of hydrogen-bond acceptors (Lipinski definition) is 4. The maximum absolute atomic E-state index is 12.8. The molecule has 0 aliphatic carbocycles. The third kappa shape index (κ3) is 3.88. The molecular weight excluding hydrogens is 450 g/mol. The zero-order valence-corrected chi connectivity index (χ0v) is 19.8. The number of carbonyl (C=O) groups excluding carboxylic acids is 1. The Bertz CT molecular complexity index is 1760. The lowest BCUT2D eigenvalue weighted by atomic mass is 9.97. The molecule has 0 unspecified atom stereocenters. The third-order valence-corrected chi connectivity index (χ3v) is 6.36. The summed E-state index contributed by atoms with van der Waals surface area (Å²) in [5.74, 6) is 0.754. The van der Waals surface area contributed by atoms with Gasteiger partial charge in [-0.2, -0.15) is 0 Å². The van der Waals surface area contributed by atoms with Crippen molar-refractivity contribution in [3.05, 3.63) is 96.8 Å². The van der Waals surface area contributed by atoms with Crippen molar-refractivity contribution in [2.75, 3.05) is 12.4 Å². The number of anilines is 1. The van der Waals surface area contributed by atoms with Gasteiger partial charge in [0, 0.05) is 28.7 Å². The van der Waals surface area contributed by atoms with E-state index in [2.05, 4.69) is 45.6 Å². The summed E-state index contributed by atoms with van der Waals surface area (Å²) in [4.78, 5) is 20.3. The number of hydrogen-bond donors (Lipinski definition) is 2. The van der Waals surface area contributed by atoms with Gasteiger partial charge < -0.3 is 14.1 Å². The van der Waals surface area contributed by atoms with Gasteiger partial charge >= 0.3 is 0 Å². The van der Waals surface area contributed by atoms with Gasteiger partial charge in [-0.3, -0.25) is 10.1 Å². The van der Waals surface area contributed by atoms with Crippen molar-refractivity contribution in [2.45, 2.75) is 6.92 Å². The van der Waals surface area contributed by atoms with Gasteiger partial charge in [0.25, 0.3) is 5.91 Å². The lowest BCUT2D eigenvalue weighted by Gasteiger charge is -2.10. The number of aromatic amines is 1. The van der Waals surface area contributed by atoms with Crippen LogP contribution in [0, 0.1) is 0 Å². The molecule has 0 bridgehead atoms. The number of benzene rings is 4. The SMILES string of the molecule is COc1cc2occ(-c3ccc4ccccc4c3)c2cc1/C(C)=C/C(=O)Nc1nc2ccccc2[nH]1. The van der Waals surface area contributed by atoms with E-state index in [0.29, 0.717) is 11.7 Å². The number of imidazole rings is 1. The monoisotopic (exact) mass is 473 g/mol. The van der Waals surface area contributed by atoms with Crippen molar-refractivity contribution < 1.29 is 13.9 Å². The molecule has 2 heterocycles. The fourth-order valence-corrected chi connectivity index (χ4v) is 4.55. The van der Waals surface area contributed by atoms with Crippen molar-refractivity contribution >= 4 is 50.2 Å². The molecule has 0 saturated carbocycles. The van der Waals surface area contributed by atoms with Crippen LogP contribution in [-0.2, 0) is 4.79 Å². The van der Waals surface area contributed by atoms with Crippen molar-refractivity contribution in [1.82, 2.24) is 9.97 Å². The molecule has 0 radical (unpaired) electrons. The van der Waals surface area contributed by atoms with E-state index < -0.39 is 0 Å². The molecule has 176 valence electrons. The minimum atomic E-state index is -0.282. The first-order valence-electron chi connectivity index (χ1n) is 11.6. The number of rotatable bonds is 5. The van der Waals surface area contributed by atoms with E-state index in [-0.39, 0.29) is 5.91 Å². The smallest absolute Gasteiger partial charge is 0.250 e. The molecule has 0 fully saturated rings. The van der Waals surface area contributed by atoms with Gasteiger partial charge in [0.05, 0.1) is 24.4 Å². The van der Waals surface area contributed by atoms with E-state index in [9.17, 15) is 4.79 Å². The average molecular weight is 474 g/mol. The molecule has 6 nitrogen and oxygen atoms in total. The number of fused-ring (bicyclic) bond motifs is 3. The molecule has 0 spiro atoms. The summed E-state index contributed by atoms with van der Waals surface area (Å²) in [5.41, 5.74) is 6.00. The number of aromatic nitrogens is 2. The molecule has 0 saturated heterocycles. The molecule has 0 aliphatic rings. The molecular formula is C30H23N3O3. The predicted molar refractivity (Wildman–Crippen MR) is 144 cm³/mol. The Morgan fingerprint density at radius 3 is 2.64 bits per heavy atom. The lowest BCUT2D eigenvalue weighted by Crippen LogP contribution is -2.09. The lowest BCUT2D eigenvalue weighted by molar-refractivity contribution is -0.111. The van der Waals surface area contributed by atoms with Crippen LogP contribution in [0.1, 0.15) is 12.5 Å². The van der Waals surface area contributed by atoms with Gasteiger partial charge in [0.1, 0.15) is 11.3 Å². The molecule has 6 rings (SSSR count). The first kappa shape index (κ1) is 21.7. The van der Waals surface area contributed by atoms with Crippen molar-refractivity contribution in [1.29, 1.82) is 0 Å². The molecule has 6 heteroatoms. The van der Waals surface area contributed by atoms with Crippen LogP contribution >= 0.6 is 0 Å². The molecule has 0 atom stereocenters. The van der Waals surface area contributed by atoms with E-state index >= 15 is 0 Å². The van der Waals surface area contributed by atoms with Gasteiger partial charge in [-0.25, -0.2) is 4.98 Å². The second-order valence-corrected chi connectivity index (χ2v) is 8.68. The molecule has 36 heavy (non-hydrogen) atoms. The first-order valence-corrected chi connectivity index (χ1v) is 11.6. The molecule has 0 aliphatic heterocycles. The van der Waals surface area contributed by atoms with E-state index in [1.165, 1.54) is 5.39 Å². The van der Waals surface area contributed by atoms with E-state index in [1.807, 2.05) is 55.5 Å². The quantitative estimate of drug-likeness (QED) is 0.260. The highest BCUT2D eigenvalue weighted by Gasteiger charge is 2.15. The molecule has 2 aromatic heterocycles. The number of allylic oxidation sites excluding steroid dienone is 1. The molecule has 2 N–H and O–H groups in total. The number of para-hydroxylation sites is 2. The highest BCUT2D eigenvalue weighted by atomic mass is 16.5. The highest BCUT2D eigenvalue weighted by Crippen LogP contribution is 2.38. The van der Waals surface area contributed by atoms with Crippen LogP contribution < -0.4 is 10.1 Å². The van der Waals surface area contributed by atoms with Crippen LogP contribution in [-0.4, -0.2) is 23.0 Å². The molecule has 6 aromatic rings. The fourth-order valence-electron chi connectivity index (χ4n) is 4.55. The van der Waals surface area contributed by atoms with Crippen LogP contribution in [0.2, 0.25) is 0 Å². The second-order valence-electron chi connectivity index (χ2n) is 8.68. The minimum Gasteiger partial charge on any atom is -0.496 e. The zero-order chi connectivity index (χ0) is 24.6. The standard InChI is InChI=1S/C30H23N3O3/c1-18(13-29(34)33-30-31-25-9-5-6-10-26(25)32-30)22-15-23-24(17-36-28(23)16-27(22)35-2)21-12-11-19-7-3-4-8-20(19)14-21/h3-17H,1-2H3,(H2,31,32,33,34)/b18-13+. The second kappa shape index (κ2) is 8.74. The number of amides is 1. The molecule has 1 amide bonds.